The quantitative estimate of drug-likeness (QED) is 0.300. The maximum absolute atomic E-state index is 13.3. The molecule has 3 aromatic rings. The van der Waals surface area contributed by atoms with E-state index in [-0.39, 0.29) is 36.3 Å². The molecule has 1 saturated carbocycles. The Morgan fingerprint density at radius 2 is 1.77 bits per heavy atom. The first-order chi connectivity index (χ1) is 18.5. The van der Waals surface area contributed by atoms with Gasteiger partial charge in [0.25, 0.3) is 0 Å². The summed E-state index contributed by atoms with van der Waals surface area (Å²) < 4.78 is 112. The number of ketones is 1. The Labute approximate surface area is 222 Å². The molecule has 3 aromatic heterocycles. The molecule has 0 saturated heterocycles. The molecule has 0 amide bonds. The van der Waals surface area contributed by atoms with Crippen molar-refractivity contribution < 1.29 is 44.7 Å². The van der Waals surface area contributed by atoms with E-state index in [1.54, 1.807) is 0 Å². The highest BCUT2D eigenvalue weighted by Gasteiger charge is 2.45. The molecule has 7 nitrogen and oxygen atoms in total. The summed E-state index contributed by atoms with van der Waals surface area (Å²) in [5.74, 6) is -4.18. The molecule has 0 radical (unpaired) electrons. The number of pyridine rings is 1. The Hall–Kier alpha value is -3.65. The van der Waals surface area contributed by atoms with Gasteiger partial charge in [0, 0.05) is 50.9 Å². The smallest absolute Gasteiger partial charge is 0.435 e. The van der Waals surface area contributed by atoms with E-state index in [1.807, 2.05) is 0 Å². The molecule has 1 aliphatic rings. The van der Waals surface area contributed by atoms with Crippen LogP contribution in [0.25, 0.3) is 11.3 Å². The lowest BCUT2D eigenvalue weighted by Gasteiger charge is -2.34. The molecule has 3 heterocycles. The van der Waals surface area contributed by atoms with Crippen LogP contribution in [0.5, 0.6) is 5.88 Å². The fourth-order valence-corrected chi connectivity index (χ4v) is 4.37. The number of hydrogen-bond donors (Lipinski definition) is 0. The number of Topliss-reactive ketones (excluding diaryl/α,β-unsaturated/α-hetero) is 1. The number of aromatic nitrogens is 5. The van der Waals surface area contributed by atoms with Crippen LogP contribution in [0.3, 0.4) is 0 Å². The highest BCUT2D eigenvalue weighted by Crippen LogP contribution is 2.42. The number of rotatable bonds is 9. The predicted molar refractivity (Wildman–Crippen MR) is 123 cm³/mol. The minimum Gasteiger partial charge on any atom is -0.477 e. The fourth-order valence-electron chi connectivity index (χ4n) is 4.37. The van der Waals surface area contributed by atoms with E-state index in [0.29, 0.717) is 17.3 Å². The van der Waals surface area contributed by atoms with Gasteiger partial charge in [0.15, 0.2) is 5.69 Å². The average Bonchev–Trinajstić information content (AvgIpc) is 3.21. The first-order valence-electron chi connectivity index (χ1n) is 12.0. The summed E-state index contributed by atoms with van der Waals surface area (Å²) in [5, 5.41) is 11.3. The second-order valence-electron chi connectivity index (χ2n) is 9.78. The maximum atomic E-state index is 13.3. The minimum absolute atomic E-state index is 0.0184. The van der Waals surface area contributed by atoms with Crippen molar-refractivity contribution >= 4 is 5.78 Å². The summed E-state index contributed by atoms with van der Waals surface area (Å²) in [5.41, 5.74) is -2.01. The third-order valence-corrected chi connectivity index (χ3v) is 6.24. The number of halogens is 8. The number of hydrogen-bond acceptors (Lipinski definition) is 6. The van der Waals surface area contributed by atoms with Gasteiger partial charge in [-0.2, -0.15) is 36.5 Å². The van der Waals surface area contributed by atoms with Gasteiger partial charge in [-0.3, -0.25) is 9.48 Å². The number of alkyl halides is 8. The van der Waals surface area contributed by atoms with E-state index in [1.165, 1.54) is 26.2 Å². The molecule has 1 fully saturated rings. The van der Waals surface area contributed by atoms with Crippen molar-refractivity contribution in [3.8, 4) is 17.1 Å². The van der Waals surface area contributed by atoms with Gasteiger partial charge < -0.3 is 4.74 Å². The van der Waals surface area contributed by atoms with Gasteiger partial charge in [-0.1, -0.05) is 0 Å². The first kappa shape index (κ1) is 29.3. The molecule has 0 atom stereocenters. The van der Waals surface area contributed by atoms with Crippen LogP contribution in [0, 0.1) is 12.8 Å². The number of carbonyl (C=O) groups is 1. The Balaban J connectivity index is 1.41. The molecule has 0 spiro atoms. The molecule has 216 valence electrons. The second kappa shape index (κ2) is 10.7. The van der Waals surface area contributed by atoms with Gasteiger partial charge in [0.2, 0.25) is 11.8 Å². The van der Waals surface area contributed by atoms with Crippen molar-refractivity contribution in [3.63, 3.8) is 0 Å². The van der Waals surface area contributed by atoms with Crippen LogP contribution >= 0.6 is 0 Å². The standard InChI is InChI=1S/C25H23F8N5O2/c1-13-5-16(35-36-21(13)18-11-38(2)37-22(18)25(31,32)33)3-4-17(39)6-14-7-19(24(28,29)30)34-20(8-14)40-12-15-9-23(26,27)10-15/h5,7-8,11,15H,3-4,6,9-10,12H2,1-2H3. The molecular weight excluding hydrogens is 554 g/mol. The fraction of sp³-hybridized carbons (Fsp3) is 0.480. The normalized spacial score (nSPS) is 15.7. The van der Waals surface area contributed by atoms with Gasteiger partial charge in [0.05, 0.1) is 23.6 Å². The molecule has 0 aromatic carbocycles. The maximum Gasteiger partial charge on any atom is 0.435 e. The van der Waals surface area contributed by atoms with Gasteiger partial charge in [0.1, 0.15) is 11.5 Å². The van der Waals surface area contributed by atoms with Crippen molar-refractivity contribution in [1.82, 2.24) is 25.0 Å². The van der Waals surface area contributed by atoms with Crippen LogP contribution in [0.1, 0.15) is 47.5 Å². The summed E-state index contributed by atoms with van der Waals surface area (Å²) in [6.07, 6.45) is -9.68. The molecule has 40 heavy (non-hydrogen) atoms. The number of carbonyl (C=O) groups excluding carboxylic acids is 1. The van der Waals surface area contributed by atoms with Crippen LogP contribution in [-0.2, 0) is 37.0 Å². The van der Waals surface area contributed by atoms with Crippen LogP contribution in [0.2, 0.25) is 0 Å². The van der Waals surface area contributed by atoms with Gasteiger partial charge in [-0.25, -0.2) is 13.8 Å². The summed E-state index contributed by atoms with van der Waals surface area (Å²) >= 11 is 0. The zero-order valence-electron chi connectivity index (χ0n) is 21.2. The summed E-state index contributed by atoms with van der Waals surface area (Å²) in [6.45, 7) is 1.30. The SMILES string of the molecule is Cc1cc(CCC(=O)Cc2cc(OCC3CC(F)(F)C3)nc(C(F)(F)F)c2)nnc1-c1cn(C)nc1C(F)(F)F. The van der Waals surface area contributed by atoms with Crippen LogP contribution < -0.4 is 4.74 Å². The molecule has 0 unspecified atom stereocenters. The van der Waals surface area contributed by atoms with E-state index in [2.05, 4.69) is 20.3 Å². The largest absolute Gasteiger partial charge is 0.477 e. The number of aryl methyl sites for hydroxylation is 3. The first-order valence-corrected chi connectivity index (χ1v) is 12.0. The predicted octanol–water partition coefficient (Wildman–Crippen LogP) is 5.79. The van der Waals surface area contributed by atoms with Crippen molar-refractivity contribution in [1.29, 1.82) is 0 Å². The Bertz CT molecular complexity index is 1390. The van der Waals surface area contributed by atoms with Crippen molar-refractivity contribution in [2.24, 2.45) is 13.0 Å². The van der Waals surface area contributed by atoms with Crippen LogP contribution in [-0.4, -0.2) is 43.3 Å². The zero-order chi connectivity index (χ0) is 29.5. The summed E-state index contributed by atoms with van der Waals surface area (Å²) in [6, 6.07) is 3.36. The third kappa shape index (κ3) is 7.10. The lowest BCUT2D eigenvalue weighted by molar-refractivity contribution is -0.142. The highest BCUT2D eigenvalue weighted by atomic mass is 19.4. The molecule has 0 aliphatic heterocycles. The molecule has 0 N–H and O–H groups in total. The topological polar surface area (TPSA) is 82.8 Å². The van der Waals surface area contributed by atoms with Crippen molar-refractivity contribution in [2.75, 3.05) is 6.61 Å². The summed E-state index contributed by atoms with van der Waals surface area (Å²) in [4.78, 5) is 16.0. The highest BCUT2D eigenvalue weighted by molar-refractivity contribution is 5.81. The van der Waals surface area contributed by atoms with Gasteiger partial charge in [-0.05, 0) is 36.6 Å². The van der Waals surface area contributed by atoms with Gasteiger partial charge >= 0.3 is 12.4 Å². The van der Waals surface area contributed by atoms with E-state index in [0.717, 1.165) is 10.7 Å². The van der Waals surface area contributed by atoms with E-state index in [4.69, 9.17) is 4.74 Å². The Kier molecular flexibility index (Phi) is 7.87. The van der Waals surface area contributed by atoms with Crippen molar-refractivity contribution in [2.45, 2.75) is 57.3 Å². The third-order valence-electron chi connectivity index (χ3n) is 6.24. The average molecular weight is 577 g/mol. The summed E-state index contributed by atoms with van der Waals surface area (Å²) in [7, 11) is 1.34. The minimum atomic E-state index is -4.82. The molecule has 0 bridgehead atoms. The lowest BCUT2D eigenvalue weighted by Crippen LogP contribution is -2.38. The second-order valence-corrected chi connectivity index (χ2v) is 9.78. The van der Waals surface area contributed by atoms with E-state index in [9.17, 15) is 39.9 Å². The monoisotopic (exact) mass is 577 g/mol. The van der Waals surface area contributed by atoms with E-state index >= 15 is 0 Å². The van der Waals surface area contributed by atoms with Gasteiger partial charge in [-0.15, -0.1) is 5.10 Å². The molecular formula is C25H23F8N5O2. The number of ether oxygens (including phenoxy) is 1. The van der Waals surface area contributed by atoms with Crippen LogP contribution in [0.15, 0.2) is 24.4 Å². The zero-order valence-corrected chi connectivity index (χ0v) is 21.2. The molecule has 1 aliphatic carbocycles. The van der Waals surface area contributed by atoms with Crippen molar-refractivity contribution in [3.05, 3.63) is 52.6 Å². The molecule has 4 rings (SSSR count). The van der Waals surface area contributed by atoms with E-state index < -0.39 is 66.5 Å². The lowest BCUT2D eigenvalue weighted by atomic mass is 9.82. The molecule has 15 heteroatoms. The number of nitrogens with zero attached hydrogens (tertiary/aromatic N) is 5. The van der Waals surface area contributed by atoms with Crippen LogP contribution in [0.4, 0.5) is 35.1 Å². The Morgan fingerprint density at radius 1 is 1.07 bits per heavy atom. The Morgan fingerprint density at radius 3 is 2.38 bits per heavy atom.